The van der Waals surface area contributed by atoms with E-state index in [4.69, 9.17) is 0 Å². The van der Waals surface area contributed by atoms with Crippen LogP contribution in [0.3, 0.4) is 0 Å². The lowest BCUT2D eigenvalue weighted by atomic mass is 10.1. The van der Waals surface area contributed by atoms with Crippen molar-refractivity contribution in [3.63, 3.8) is 0 Å². The average molecular weight is 422 g/mol. The molecule has 4 heteroatoms. The lowest BCUT2D eigenvalue weighted by Crippen LogP contribution is -2.12. The Bertz CT molecular complexity index is 1170. The van der Waals surface area contributed by atoms with Crippen molar-refractivity contribution in [1.29, 1.82) is 0 Å². The molecule has 0 aliphatic heterocycles. The molecule has 0 atom stereocenters. The summed E-state index contributed by atoms with van der Waals surface area (Å²) in [5.41, 5.74) is 6.87. The molecule has 4 nitrogen and oxygen atoms in total. The molecule has 0 saturated carbocycles. The summed E-state index contributed by atoms with van der Waals surface area (Å²) in [5.74, 6) is -0.121. The van der Waals surface area contributed by atoms with Crippen LogP contribution in [0.25, 0.3) is 0 Å². The van der Waals surface area contributed by atoms with Crippen LogP contribution in [0.1, 0.15) is 28.4 Å². The topological polar surface area (TPSA) is 53.2 Å². The number of para-hydroxylation sites is 2. The van der Waals surface area contributed by atoms with Crippen LogP contribution in [0.5, 0.6) is 0 Å². The molecular weight excluding hydrogens is 394 g/mol. The molecular formula is C28H27N3O. The van der Waals surface area contributed by atoms with E-state index in [0.29, 0.717) is 12.1 Å². The second-order valence-corrected chi connectivity index (χ2v) is 7.59. The second kappa shape index (κ2) is 10.3. The quantitative estimate of drug-likeness (QED) is 0.291. The number of amides is 1. The maximum absolute atomic E-state index is 12.8. The number of benzene rings is 4. The standard InChI is InChI=1S/C28H27N3O/c1-2-22-10-6-7-14-27(22)29-20-21-9-8-11-23(19-21)28(32)31-26-17-15-25(16-18-26)30-24-12-4-3-5-13-24/h3-19,29-30H,2,20H2,1H3,(H,31,32). The van der Waals surface area contributed by atoms with Crippen LogP contribution < -0.4 is 16.0 Å². The van der Waals surface area contributed by atoms with E-state index in [1.807, 2.05) is 84.9 Å². The zero-order chi connectivity index (χ0) is 22.2. The number of carbonyl (C=O) groups is 1. The number of nitrogens with one attached hydrogen (secondary N) is 3. The van der Waals surface area contributed by atoms with Crippen molar-refractivity contribution in [2.45, 2.75) is 19.9 Å². The molecule has 1 amide bonds. The Morgan fingerprint density at radius 2 is 1.41 bits per heavy atom. The van der Waals surface area contributed by atoms with Crippen molar-refractivity contribution in [3.05, 3.63) is 120 Å². The highest BCUT2D eigenvalue weighted by atomic mass is 16.1. The molecule has 160 valence electrons. The predicted octanol–water partition coefficient (Wildman–Crippen LogP) is 6.86. The van der Waals surface area contributed by atoms with Crippen LogP contribution in [-0.4, -0.2) is 5.91 Å². The third kappa shape index (κ3) is 5.55. The number of carbonyl (C=O) groups excluding carboxylic acids is 1. The SMILES string of the molecule is CCc1ccccc1NCc1cccc(C(=O)Nc2ccc(Nc3ccccc3)cc2)c1. The molecule has 0 aliphatic rings. The Balaban J connectivity index is 1.37. The Labute approximate surface area is 189 Å². The largest absolute Gasteiger partial charge is 0.381 e. The third-order valence-corrected chi connectivity index (χ3v) is 5.28. The van der Waals surface area contributed by atoms with Gasteiger partial charge in [0.25, 0.3) is 5.91 Å². The number of anilines is 4. The van der Waals surface area contributed by atoms with Gasteiger partial charge < -0.3 is 16.0 Å². The van der Waals surface area contributed by atoms with E-state index in [1.54, 1.807) is 0 Å². The molecule has 4 aromatic carbocycles. The summed E-state index contributed by atoms with van der Waals surface area (Å²) in [4.78, 5) is 12.8. The van der Waals surface area contributed by atoms with Gasteiger partial charge in [0.2, 0.25) is 0 Å². The highest BCUT2D eigenvalue weighted by molar-refractivity contribution is 6.04. The fraction of sp³-hybridized carbons (Fsp3) is 0.107. The molecule has 0 aliphatic carbocycles. The molecule has 0 radical (unpaired) electrons. The first kappa shape index (κ1) is 21.2. The van der Waals surface area contributed by atoms with Gasteiger partial charge in [-0.3, -0.25) is 4.79 Å². The van der Waals surface area contributed by atoms with E-state index < -0.39 is 0 Å². The van der Waals surface area contributed by atoms with Crippen molar-refractivity contribution in [1.82, 2.24) is 0 Å². The summed E-state index contributed by atoms with van der Waals surface area (Å²) in [6, 6.07) is 33.7. The van der Waals surface area contributed by atoms with Crippen LogP contribution in [0.15, 0.2) is 103 Å². The number of hydrogen-bond donors (Lipinski definition) is 3. The highest BCUT2D eigenvalue weighted by Crippen LogP contribution is 2.20. The predicted molar refractivity (Wildman–Crippen MR) is 134 cm³/mol. The normalized spacial score (nSPS) is 10.4. The van der Waals surface area contributed by atoms with Gasteiger partial charge in [-0.05, 0) is 72.1 Å². The maximum atomic E-state index is 12.8. The van der Waals surface area contributed by atoms with Crippen LogP contribution in [0, 0.1) is 0 Å². The van der Waals surface area contributed by atoms with Crippen molar-refractivity contribution >= 4 is 28.7 Å². The fourth-order valence-corrected chi connectivity index (χ4v) is 3.55. The van der Waals surface area contributed by atoms with Crippen LogP contribution in [0.2, 0.25) is 0 Å². The Morgan fingerprint density at radius 1 is 0.719 bits per heavy atom. The summed E-state index contributed by atoms with van der Waals surface area (Å²) in [5, 5.41) is 9.80. The van der Waals surface area contributed by atoms with Crippen molar-refractivity contribution < 1.29 is 4.79 Å². The smallest absolute Gasteiger partial charge is 0.255 e. The second-order valence-electron chi connectivity index (χ2n) is 7.59. The molecule has 0 spiro atoms. The van der Waals surface area contributed by atoms with Gasteiger partial charge in [-0.25, -0.2) is 0 Å². The summed E-state index contributed by atoms with van der Waals surface area (Å²) in [6.45, 7) is 2.81. The number of hydrogen-bond acceptors (Lipinski definition) is 3. The first-order valence-corrected chi connectivity index (χ1v) is 10.9. The van der Waals surface area contributed by atoms with Crippen molar-refractivity contribution in [2.75, 3.05) is 16.0 Å². The van der Waals surface area contributed by atoms with Crippen LogP contribution in [-0.2, 0) is 13.0 Å². The molecule has 0 aromatic heterocycles. The van der Waals surface area contributed by atoms with E-state index in [0.717, 1.165) is 34.7 Å². The molecule has 3 N–H and O–H groups in total. The molecule has 0 heterocycles. The first-order valence-electron chi connectivity index (χ1n) is 10.9. The minimum absolute atomic E-state index is 0.121. The van der Waals surface area contributed by atoms with Crippen LogP contribution >= 0.6 is 0 Å². The minimum atomic E-state index is -0.121. The van der Waals surface area contributed by atoms with Crippen molar-refractivity contribution in [3.8, 4) is 0 Å². The summed E-state index contributed by atoms with van der Waals surface area (Å²) in [7, 11) is 0. The maximum Gasteiger partial charge on any atom is 0.255 e. The van der Waals surface area contributed by atoms with E-state index in [2.05, 4.69) is 41.1 Å². The van der Waals surface area contributed by atoms with Gasteiger partial charge in [0, 0.05) is 34.9 Å². The summed E-state index contributed by atoms with van der Waals surface area (Å²) in [6.07, 6.45) is 0.977. The van der Waals surface area contributed by atoms with Crippen LogP contribution in [0.4, 0.5) is 22.7 Å². The highest BCUT2D eigenvalue weighted by Gasteiger charge is 2.08. The molecule has 4 rings (SSSR count). The molecule has 4 aromatic rings. The monoisotopic (exact) mass is 421 g/mol. The van der Waals surface area contributed by atoms with Gasteiger partial charge in [-0.15, -0.1) is 0 Å². The average Bonchev–Trinajstić information content (AvgIpc) is 2.85. The van der Waals surface area contributed by atoms with E-state index >= 15 is 0 Å². The molecule has 0 unspecified atom stereocenters. The molecule has 0 saturated heterocycles. The van der Waals surface area contributed by atoms with E-state index in [1.165, 1.54) is 5.56 Å². The third-order valence-electron chi connectivity index (χ3n) is 5.28. The Kier molecular flexibility index (Phi) is 6.83. The van der Waals surface area contributed by atoms with Crippen molar-refractivity contribution in [2.24, 2.45) is 0 Å². The van der Waals surface area contributed by atoms with Gasteiger partial charge in [0.15, 0.2) is 0 Å². The molecule has 32 heavy (non-hydrogen) atoms. The Morgan fingerprint density at radius 3 is 2.19 bits per heavy atom. The van der Waals surface area contributed by atoms with E-state index in [-0.39, 0.29) is 5.91 Å². The zero-order valence-electron chi connectivity index (χ0n) is 18.1. The van der Waals surface area contributed by atoms with Gasteiger partial charge in [-0.2, -0.15) is 0 Å². The number of aryl methyl sites for hydroxylation is 1. The molecule has 0 bridgehead atoms. The number of rotatable bonds is 8. The first-order chi connectivity index (χ1) is 15.7. The van der Waals surface area contributed by atoms with Gasteiger partial charge in [0.1, 0.15) is 0 Å². The Hall–Kier alpha value is -4.05. The summed E-state index contributed by atoms with van der Waals surface area (Å²) >= 11 is 0. The lowest BCUT2D eigenvalue weighted by molar-refractivity contribution is 0.102. The zero-order valence-corrected chi connectivity index (χ0v) is 18.1. The van der Waals surface area contributed by atoms with Gasteiger partial charge in [0.05, 0.1) is 0 Å². The summed E-state index contributed by atoms with van der Waals surface area (Å²) < 4.78 is 0. The molecule has 0 fully saturated rings. The van der Waals surface area contributed by atoms with E-state index in [9.17, 15) is 4.79 Å². The van der Waals surface area contributed by atoms with Gasteiger partial charge in [-0.1, -0.05) is 55.5 Å². The fourth-order valence-electron chi connectivity index (χ4n) is 3.55. The lowest BCUT2D eigenvalue weighted by Gasteiger charge is -2.12. The van der Waals surface area contributed by atoms with Gasteiger partial charge >= 0.3 is 0 Å². The minimum Gasteiger partial charge on any atom is -0.381 e.